The van der Waals surface area contributed by atoms with Crippen LogP contribution in [0, 0.1) is 25.2 Å². The molecule has 0 aliphatic rings. The summed E-state index contributed by atoms with van der Waals surface area (Å²) in [5, 5.41) is 13.5. The molecule has 1 amide bonds. The summed E-state index contributed by atoms with van der Waals surface area (Å²) in [7, 11) is -1.17. The summed E-state index contributed by atoms with van der Waals surface area (Å²) >= 11 is 0. The van der Waals surface area contributed by atoms with Crippen LogP contribution >= 0.6 is 0 Å². The average molecular weight is 585 g/mol. The Morgan fingerprint density at radius 1 is 1.10 bits per heavy atom. The van der Waals surface area contributed by atoms with Gasteiger partial charge in [0.25, 0.3) is 10.0 Å². The highest BCUT2D eigenvalue weighted by atomic mass is 32.2. The Labute approximate surface area is 241 Å². The minimum Gasteiger partial charge on any atom is -0.444 e. The summed E-state index contributed by atoms with van der Waals surface area (Å²) < 4.78 is 51.1. The van der Waals surface area contributed by atoms with Crippen LogP contribution in [0.15, 0.2) is 51.9 Å². The zero-order valence-electron chi connectivity index (χ0n) is 24.4. The first-order chi connectivity index (χ1) is 19.3. The van der Waals surface area contributed by atoms with Gasteiger partial charge in [-0.1, -0.05) is 29.4 Å². The number of methoxy groups -OCH3 is 1. The molecule has 3 rings (SSSR count). The van der Waals surface area contributed by atoms with Gasteiger partial charge in [0.2, 0.25) is 5.88 Å². The van der Waals surface area contributed by atoms with E-state index in [0.29, 0.717) is 33.5 Å². The van der Waals surface area contributed by atoms with Gasteiger partial charge < -0.3 is 23.6 Å². The first-order valence-corrected chi connectivity index (χ1v) is 14.3. The van der Waals surface area contributed by atoms with Crippen molar-refractivity contribution in [2.75, 3.05) is 38.4 Å². The lowest BCUT2D eigenvalue weighted by Gasteiger charge is -2.26. The van der Waals surface area contributed by atoms with Crippen molar-refractivity contribution in [1.82, 2.24) is 10.1 Å². The molecule has 0 spiro atoms. The predicted molar refractivity (Wildman–Crippen MR) is 153 cm³/mol. The number of ether oxygens (including phenoxy) is 3. The maximum Gasteiger partial charge on any atom is 0.410 e. The molecule has 1 heterocycles. The van der Waals surface area contributed by atoms with E-state index >= 15 is 0 Å². The normalized spacial score (nSPS) is 11.7. The Hall–Kier alpha value is -3.92. The van der Waals surface area contributed by atoms with Crippen LogP contribution in [-0.4, -0.2) is 64.3 Å². The molecular formula is C29H36N4O7S. The summed E-state index contributed by atoms with van der Waals surface area (Å²) in [5.41, 5.74) is 2.24. The first-order valence-electron chi connectivity index (χ1n) is 12.9. The number of aryl methyl sites for hydroxylation is 1. The zero-order valence-corrected chi connectivity index (χ0v) is 25.2. The van der Waals surface area contributed by atoms with Gasteiger partial charge in [0, 0.05) is 31.8 Å². The Morgan fingerprint density at radius 2 is 1.80 bits per heavy atom. The van der Waals surface area contributed by atoms with Gasteiger partial charge in [-0.05, 0) is 63.9 Å². The number of carbonyl (C=O) groups is 1. The van der Waals surface area contributed by atoms with Crippen molar-refractivity contribution in [3.8, 4) is 17.2 Å². The van der Waals surface area contributed by atoms with E-state index in [0.717, 1.165) is 4.31 Å². The Morgan fingerprint density at radius 3 is 2.41 bits per heavy atom. The third-order valence-corrected chi connectivity index (χ3v) is 7.86. The van der Waals surface area contributed by atoms with Crippen molar-refractivity contribution in [3.05, 3.63) is 64.8 Å². The lowest BCUT2D eigenvalue weighted by atomic mass is 9.97. The van der Waals surface area contributed by atoms with Crippen molar-refractivity contribution in [1.29, 1.82) is 5.26 Å². The Kier molecular flexibility index (Phi) is 10.1. The highest BCUT2D eigenvalue weighted by Crippen LogP contribution is 2.36. The van der Waals surface area contributed by atoms with Crippen molar-refractivity contribution >= 4 is 22.0 Å². The van der Waals surface area contributed by atoms with Gasteiger partial charge in [-0.3, -0.25) is 0 Å². The second kappa shape index (κ2) is 13.2. The van der Waals surface area contributed by atoms with E-state index in [1.54, 1.807) is 78.1 Å². The minimum atomic E-state index is -4.27. The number of hydrogen-bond donors (Lipinski definition) is 0. The second-order valence-corrected chi connectivity index (χ2v) is 12.2. The molecule has 0 N–H and O–H groups in total. The van der Waals surface area contributed by atoms with E-state index in [9.17, 15) is 18.5 Å². The van der Waals surface area contributed by atoms with Crippen LogP contribution in [0.2, 0.25) is 0 Å². The van der Waals surface area contributed by atoms with Gasteiger partial charge in [0.1, 0.15) is 12.3 Å². The number of amides is 1. The topological polar surface area (TPSA) is 135 Å². The highest BCUT2D eigenvalue weighted by molar-refractivity contribution is 7.93. The van der Waals surface area contributed by atoms with Crippen molar-refractivity contribution < 1.29 is 31.9 Å². The number of aromatic nitrogens is 1. The SMILES string of the molecule is COCCOCN(c1onc(C)c1C)S(=O)(=O)c1ccccc1-c1ccc(C#N)cc1CN(C)C(=O)OC(C)(C)C. The maximum atomic E-state index is 14.3. The largest absolute Gasteiger partial charge is 0.444 e. The maximum absolute atomic E-state index is 14.3. The van der Waals surface area contributed by atoms with Crippen molar-refractivity contribution in [2.24, 2.45) is 0 Å². The molecular weight excluding hydrogens is 548 g/mol. The molecule has 12 heteroatoms. The molecule has 0 saturated heterocycles. The molecule has 3 aromatic rings. The fourth-order valence-electron chi connectivity index (χ4n) is 3.91. The molecule has 0 bridgehead atoms. The van der Waals surface area contributed by atoms with Gasteiger partial charge in [-0.2, -0.15) is 5.26 Å². The number of sulfonamides is 1. The van der Waals surface area contributed by atoms with Crippen LogP contribution in [0.4, 0.5) is 10.7 Å². The van der Waals surface area contributed by atoms with Crippen LogP contribution in [0.1, 0.15) is 43.2 Å². The molecule has 11 nitrogen and oxygen atoms in total. The number of anilines is 1. The fourth-order valence-corrected chi connectivity index (χ4v) is 5.46. The monoisotopic (exact) mass is 584 g/mol. The van der Waals surface area contributed by atoms with E-state index in [1.165, 1.54) is 18.1 Å². The zero-order chi connectivity index (χ0) is 30.4. The second-order valence-electron chi connectivity index (χ2n) is 10.4. The van der Waals surface area contributed by atoms with Gasteiger partial charge in [0.15, 0.2) is 0 Å². The third-order valence-electron chi connectivity index (χ3n) is 6.09. The number of nitrogens with zero attached hydrogens (tertiary/aromatic N) is 4. The van der Waals surface area contributed by atoms with Crippen LogP contribution in [0.5, 0.6) is 0 Å². The number of rotatable bonds is 11. The Bertz CT molecular complexity index is 1520. The quantitative estimate of drug-likeness (QED) is 0.225. The highest BCUT2D eigenvalue weighted by Gasteiger charge is 2.33. The molecule has 0 radical (unpaired) electrons. The van der Waals surface area contributed by atoms with E-state index in [1.807, 2.05) is 0 Å². The molecule has 0 saturated carbocycles. The summed E-state index contributed by atoms with van der Waals surface area (Å²) in [5.74, 6) is 0.0411. The van der Waals surface area contributed by atoms with Gasteiger partial charge >= 0.3 is 6.09 Å². The molecule has 1 aromatic heterocycles. The van der Waals surface area contributed by atoms with Gasteiger partial charge in [-0.25, -0.2) is 17.5 Å². The summed E-state index contributed by atoms with van der Waals surface area (Å²) in [4.78, 5) is 14.1. The summed E-state index contributed by atoms with van der Waals surface area (Å²) in [6.07, 6.45) is -0.553. The van der Waals surface area contributed by atoms with Crippen LogP contribution in [0.3, 0.4) is 0 Å². The molecule has 0 fully saturated rings. The lowest BCUT2D eigenvalue weighted by Crippen LogP contribution is -2.34. The number of benzene rings is 2. The molecule has 0 atom stereocenters. The first kappa shape index (κ1) is 31.6. The number of carbonyl (C=O) groups excluding carboxylic acids is 1. The van der Waals surface area contributed by atoms with Crippen LogP contribution in [-0.2, 0) is 30.8 Å². The summed E-state index contributed by atoms with van der Waals surface area (Å²) in [6, 6.07) is 13.5. The van der Waals surface area contributed by atoms with Gasteiger partial charge in [-0.15, -0.1) is 0 Å². The van der Waals surface area contributed by atoms with Gasteiger partial charge in [0.05, 0.1) is 35.4 Å². The Balaban J connectivity index is 2.12. The van der Waals surface area contributed by atoms with E-state index in [-0.39, 0.29) is 37.3 Å². The third kappa shape index (κ3) is 7.64. The minimum absolute atomic E-state index is 0.0188. The predicted octanol–water partition coefficient (Wildman–Crippen LogP) is 5.01. The smallest absolute Gasteiger partial charge is 0.410 e. The van der Waals surface area contributed by atoms with Crippen molar-refractivity contribution in [2.45, 2.75) is 51.7 Å². The number of hydrogen-bond acceptors (Lipinski definition) is 9. The van der Waals surface area contributed by atoms with Crippen LogP contribution in [0.25, 0.3) is 11.1 Å². The molecule has 0 aliphatic carbocycles. The van der Waals surface area contributed by atoms with E-state index in [4.69, 9.17) is 18.7 Å². The fraction of sp³-hybridized carbons (Fsp3) is 0.414. The lowest BCUT2D eigenvalue weighted by molar-refractivity contribution is 0.0285. The average Bonchev–Trinajstić information content (AvgIpc) is 3.24. The van der Waals surface area contributed by atoms with Crippen LogP contribution < -0.4 is 4.31 Å². The molecule has 0 aliphatic heterocycles. The standard InChI is InChI=1S/C29H36N4O7S/c1-20-21(2)31-40-27(20)33(19-38-15-14-37-7)41(35,36)26-11-9-8-10-25(26)24-13-12-22(17-30)16-23(24)18-32(6)28(34)39-29(3,4)5/h8-13,16H,14-15,18-19H2,1-7H3. The molecule has 0 unspecified atom stereocenters. The van der Waals surface area contributed by atoms with E-state index < -0.39 is 21.7 Å². The summed E-state index contributed by atoms with van der Waals surface area (Å²) in [6.45, 7) is 8.91. The molecule has 2 aromatic carbocycles. The van der Waals surface area contributed by atoms with Crippen molar-refractivity contribution in [3.63, 3.8) is 0 Å². The molecule has 41 heavy (non-hydrogen) atoms. The van der Waals surface area contributed by atoms with E-state index in [2.05, 4.69) is 11.2 Å². The molecule has 220 valence electrons. The number of nitriles is 1.